The summed E-state index contributed by atoms with van der Waals surface area (Å²) in [7, 11) is 4.82. The Bertz CT molecular complexity index is 937. The summed E-state index contributed by atoms with van der Waals surface area (Å²) in [5.74, 6) is 2.71. The summed E-state index contributed by atoms with van der Waals surface area (Å²) < 4.78 is 16.4. The Morgan fingerprint density at radius 3 is 2.41 bits per heavy atom. The Labute approximate surface area is 191 Å². The number of fused-ring (bicyclic) bond motifs is 1. The highest BCUT2D eigenvalue weighted by atomic mass is 16.5. The van der Waals surface area contributed by atoms with Crippen LogP contribution in [-0.4, -0.2) is 58.3 Å². The van der Waals surface area contributed by atoms with Crippen molar-refractivity contribution in [3.05, 3.63) is 47.5 Å². The minimum Gasteiger partial charge on any atom is -0.493 e. The Kier molecular flexibility index (Phi) is 7.08. The van der Waals surface area contributed by atoms with Gasteiger partial charge in [-0.25, -0.2) is 0 Å². The van der Waals surface area contributed by atoms with E-state index in [1.165, 1.54) is 11.3 Å². The van der Waals surface area contributed by atoms with Gasteiger partial charge >= 0.3 is 0 Å². The molecule has 172 valence electrons. The second-order valence-corrected chi connectivity index (χ2v) is 8.64. The van der Waals surface area contributed by atoms with Crippen molar-refractivity contribution in [3.63, 3.8) is 0 Å². The lowest BCUT2D eigenvalue weighted by Gasteiger charge is -2.34. The topological polar surface area (TPSA) is 51.2 Å². The molecule has 0 spiro atoms. The molecule has 2 aliphatic rings. The van der Waals surface area contributed by atoms with Crippen molar-refractivity contribution in [2.75, 3.05) is 52.4 Å². The number of nitrogens with zero attached hydrogens (tertiary/aromatic N) is 2. The van der Waals surface area contributed by atoms with E-state index in [1.54, 1.807) is 21.3 Å². The van der Waals surface area contributed by atoms with Crippen LogP contribution in [0.5, 0.6) is 17.2 Å². The zero-order valence-corrected chi connectivity index (χ0v) is 19.4. The van der Waals surface area contributed by atoms with Crippen molar-refractivity contribution in [1.29, 1.82) is 0 Å². The van der Waals surface area contributed by atoms with Gasteiger partial charge in [0, 0.05) is 38.3 Å². The van der Waals surface area contributed by atoms with Crippen LogP contribution >= 0.6 is 0 Å². The van der Waals surface area contributed by atoms with Crippen LogP contribution in [0.4, 0.5) is 5.69 Å². The molecule has 1 fully saturated rings. The van der Waals surface area contributed by atoms with Gasteiger partial charge in [-0.2, -0.15) is 0 Å². The van der Waals surface area contributed by atoms with E-state index >= 15 is 0 Å². The number of amides is 1. The maximum absolute atomic E-state index is 12.9. The molecule has 4 rings (SSSR count). The van der Waals surface area contributed by atoms with Gasteiger partial charge in [0.1, 0.15) is 0 Å². The van der Waals surface area contributed by atoms with Gasteiger partial charge < -0.3 is 24.0 Å². The van der Waals surface area contributed by atoms with Crippen molar-refractivity contribution < 1.29 is 19.0 Å². The summed E-state index contributed by atoms with van der Waals surface area (Å²) in [6, 6.07) is 12.6. The largest absolute Gasteiger partial charge is 0.493 e. The van der Waals surface area contributed by atoms with E-state index in [9.17, 15) is 4.79 Å². The van der Waals surface area contributed by atoms with Crippen molar-refractivity contribution in [2.45, 2.75) is 32.1 Å². The number of hydrogen-bond acceptors (Lipinski definition) is 5. The second kappa shape index (κ2) is 10.2. The highest BCUT2D eigenvalue weighted by Gasteiger charge is 2.27. The van der Waals surface area contributed by atoms with Gasteiger partial charge in [-0.15, -0.1) is 0 Å². The standard InChI is InChI=1S/C26H34N2O4/c1-30-23-10-8-21(25(31-2)26(23)32-3)9-11-24(29)27-15-12-19(13-16-27)18-28-17-14-20-6-4-5-7-22(20)28/h4-8,10,19H,9,11-18H2,1-3H3. The summed E-state index contributed by atoms with van der Waals surface area (Å²) in [4.78, 5) is 17.4. The van der Waals surface area contributed by atoms with Gasteiger partial charge in [0.15, 0.2) is 11.5 Å². The number of anilines is 1. The van der Waals surface area contributed by atoms with E-state index in [0.29, 0.717) is 36.0 Å². The molecule has 0 aromatic heterocycles. The van der Waals surface area contributed by atoms with Gasteiger partial charge in [0.05, 0.1) is 21.3 Å². The Balaban J connectivity index is 1.28. The second-order valence-electron chi connectivity index (χ2n) is 8.64. The molecule has 0 radical (unpaired) electrons. The minimum absolute atomic E-state index is 0.215. The number of aryl methyl sites for hydroxylation is 1. The first-order chi connectivity index (χ1) is 15.6. The number of likely N-dealkylation sites (tertiary alicyclic amines) is 1. The van der Waals surface area contributed by atoms with Crippen LogP contribution in [-0.2, 0) is 17.6 Å². The van der Waals surface area contributed by atoms with Crippen molar-refractivity contribution in [2.24, 2.45) is 5.92 Å². The number of carbonyl (C=O) groups excluding carboxylic acids is 1. The molecule has 0 saturated carbocycles. The van der Waals surface area contributed by atoms with Gasteiger partial charge in [0.25, 0.3) is 0 Å². The average molecular weight is 439 g/mol. The Morgan fingerprint density at radius 2 is 1.69 bits per heavy atom. The maximum Gasteiger partial charge on any atom is 0.222 e. The zero-order valence-electron chi connectivity index (χ0n) is 19.4. The molecule has 0 unspecified atom stereocenters. The fraction of sp³-hybridized carbons (Fsp3) is 0.500. The number of rotatable bonds is 8. The molecule has 1 amide bonds. The number of ether oxygens (including phenoxy) is 3. The summed E-state index contributed by atoms with van der Waals surface area (Å²) in [6.45, 7) is 3.91. The van der Waals surface area contributed by atoms with Crippen molar-refractivity contribution in [3.8, 4) is 17.2 Å². The fourth-order valence-corrected chi connectivity index (χ4v) is 5.03. The molecular weight excluding hydrogens is 404 g/mol. The van der Waals surface area contributed by atoms with E-state index < -0.39 is 0 Å². The number of carbonyl (C=O) groups is 1. The third kappa shape index (κ3) is 4.64. The summed E-state index contributed by atoms with van der Waals surface area (Å²) in [5.41, 5.74) is 3.82. The maximum atomic E-state index is 12.9. The molecule has 2 aliphatic heterocycles. The third-order valence-corrected chi connectivity index (χ3v) is 6.82. The lowest BCUT2D eigenvalue weighted by atomic mass is 9.95. The van der Waals surface area contributed by atoms with Crippen molar-refractivity contribution >= 4 is 11.6 Å². The molecule has 32 heavy (non-hydrogen) atoms. The van der Waals surface area contributed by atoms with E-state index in [0.717, 1.165) is 51.0 Å². The molecule has 6 heteroatoms. The third-order valence-electron chi connectivity index (χ3n) is 6.82. The Morgan fingerprint density at radius 1 is 0.938 bits per heavy atom. The number of benzene rings is 2. The lowest BCUT2D eigenvalue weighted by Crippen LogP contribution is -2.41. The predicted molar refractivity (Wildman–Crippen MR) is 126 cm³/mol. The van der Waals surface area contributed by atoms with Gasteiger partial charge in [-0.3, -0.25) is 4.79 Å². The molecule has 2 aromatic carbocycles. The molecular formula is C26H34N2O4. The van der Waals surface area contributed by atoms with Crippen LogP contribution in [0.25, 0.3) is 0 Å². The first-order valence-electron chi connectivity index (χ1n) is 11.5. The number of methoxy groups -OCH3 is 3. The first kappa shape index (κ1) is 22.3. The first-order valence-corrected chi connectivity index (χ1v) is 11.5. The van der Waals surface area contributed by atoms with Crippen LogP contribution in [0.3, 0.4) is 0 Å². The molecule has 0 atom stereocenters. The number of hydrogen-bond donors (Lipinski definition) is 0. The van der Waals surface area contributed by atoms with Crippen LogP contribution < -0.4 is 19.1 Å². The minimum atomic E-state index is 0.215. The van der Waals surface area contributed by atoms with Gasteiger partial charge in [-0.05, 0) is 54.9 Å². The molecule has 0 aliphatic carbocycles. The highest BCUT2D eigenvalue weighted by Crippen LogP contribution is 2.40. The zero-order chi connectivity index (χ0) is 22.5. The predicted octanol–water partition coefficient (Wildman–Crippen LogP) is 3.95. The highest BCUT2D eigenvalue weighted by molar-refractivity contribution is 5.76. The molecule has 2 aromatic rings. The molecule has 2 heterocycles. The van der Waals surface area contributed by atoms with Crippen LogP contribution in [0.15, 0.2) is 36.4 Å². The fourth-order valence-electron chi connectivity index (χ4n) is 5.03. The van der Waals surface area contributed by atoms with Crippen LogP contribution in [0, 0.1) is 5.92 Å². The monoisotopic (exact) mass is 438 g/mol. The van der Waals surface area contributed by atoms with E-state index in [-0.39, 0.29) is 5.91 Å². The van der Waals surface area contributed by atoms with Crippen molar-refractivity contribution in [1.82, 2.24) is 4.90 Å². The normalized spacial score (nSPS) is 16.1. The lowest BCUT2D eigenvalue weighted by molar-refractivity contribution is -0.132. The number of piperidine rings is 1. The Hall–Kier alpha value is -2.89. The van der Waals surface area contributed by atoms with E-state index in [4.69, 9.17) is 14.2 Å². The summed E-state index contributed by atoms with van der Waals surface area (Å²) >= 11 is 0. The van der Waals surface area contributed by atoms with Crippen LogP contribution in [0.2, 0.25) is 0 Å². The average Bonchev–Trinajstić information content (AvgIpc) is 3.25. The number of para-hydroxylation sites is 1. The molecule has 0 bridgehead atoms. The molecule has 1 saturated heterocycles. The van der Waals surface area contributed by atoms with Gasteiger partial charge in [0.2, 0.25) is 11.7 Å². The molecule has 0 N–H and O–H groups in total. The quantitative estimate of drug-likeness (QED) is 0.625. The van der Waals surface area contributed by atoms with E-state index in [2.05, 4.69) is 29.2 Å². The van der Waals surface area contributed by atoms with E-state index in [1.807, 2.05) is 17.0 Å². The smallest absolute Gasteiger partial charge is 0.222 e. The molecule has 6 nitrogen and oxygen atoms in total. The van der Waals surface area contributed by atoms with Gasteiger partial charge in [-0.1, -0.05) is 24.3 Å². The summed E-state index contributed by atoms with van der Waals surface area (Å²) in [6.07, 6.45) is 4.38. The van der Waals surface area contributed by atoms with Crippen LogP contribution in [0.1, 0.15) is 30.4 Å². The SMILES string of the molecule is COc1ccc(CCC(=O)N2CCC(CN3CCc4ccccc43)CC2)c(OC)c1OC. The summed E-state index contributed by atoms with van der Waals surface area (Å²) in [5, 5.41) is 0.